The fourth-order valence-corrected chi connectivity index (χ4v) is 4.59. The van der Waals surface area contributed by atoms with Gasteiger partial charge in [0, 0.05) is 31.5 Å². The molecule has 5 nitrogen and oxygen atoms in total. The molecule has 1 aromatic carbocycles. The van der Waals surface area contributed by atoms with Gasteiger partial charge in [0.1, 0.15) is 18.6 Å². The van der Waals surface area contributed by atoms with Gasteiger partial charge in [-0.3, -0.25) is 0 Å². The van der Waals surface area contributed by atoms with Crippen LogP contribution in [0.2, 0.25) is 0 Å². The van der Waals surface area contributed by atoms with Gasteiger partial charge in [-0.05, 0) is 31.4 Å². The normalized spacial score (nSPS) is 23.3. The Morgan fingerprint density at radius 1 is 1.16 bits per heavy atom. The Kier molecular flexibility index (Phi) is 4.69. The van der Waals surface area contributed by atoms with Crippen molar-refractivity contribution in [2.24, 2.45) is 0 Å². The minimum absolute atomic E-state index is 0.187. The first-order chi connectivity index (χ1) is 12.2. The van der Waals surface area contributed by atoms with Crippen molar-refractivity contribution in [2.75, 3.05) is 51.4 Å². The Bertz CT molecular complexity index is 630. The van der Waals surface area contributed by atoms with E-state index in [1.54, 1.807) is 4.90 Å². The summed E-state index contributed by atoms with van der Waals surface area (Å²) in [6, 6.07) is 6.53. The lowest BCUT2D eigenvalue weighted by Crippen LogP contribution is -3.18. The molecule has 5 heteroatoms. The summed E-state index contributed by atoms with van der Waals surface area (Å²) in [5.74, 6) is -0.213. The van der Waals surface area contributed by atoms with Crippen molar-refractivity contribution >= 4 is 11.7 Å². The standard InChI is InChI=1S/C20H28N2O3/c1-24-19(23)17-15-16(5-6-18(17)21-9-3-2-4-10-21)20(7-8-20)22-11-13-25-14-12-22/h5-6,15H,2-4,7-14H2,1H3/p+1. The van der Waals surface area contributed by atoms with Crippen LogP contribution in [0.4, 0.5) is 5.69 Å². The quantitative estimate of drug-likeness (QED) is 0.837. The second-order valence-electron chi connectivity index (χ2n) is 7.57. The highest BCUT2D eigenvalue weighted by molar-refractivity contribution is 5.96. The third kappa shape index (κ3) is 3.15. The number of carbonyl (C=O) groups excluding carboxylic acids is 1. The first kappa shape index (κ1) is 16.9. The maximum Gasteiger partial charge on any atom is 0.339 e. The first-order valence-corrected chi connectivity index (χ1v) is 9.65. The van der Waals surface area contributed by atoms with E-state index in [-0.39, 0.29) is 11.5 Å². The van der Waals surface area contributed by atoms with Crippen LogP contribution in [0.5, 0.6) is 0 Å². The van der Waals surface area contributed by atoms with E-state index in [0.717, 1.165) is 50.6 Å². The number of nitrogens with zero attached hydrogens (tertiary/aromatic N) is 1. The number of carbonyl (C=O) groups is 1. The Morgan fingerprint density at radius 2 is 1.88 bits per heavy atom. The zero-order chi connectivity index (χ0) is 17.3. The van der Waals surface area contributed by atoms with Gasteiger partial charge >= 0.3 is 5.97 Å². The summed E-state index contributed by atoms with van der Waals surface area (Å²) in [6.45, 7) is 5.86. The number of hydrogen-bond acceptors (Lipinski definition) is 4. The van der Waals surface area contributed by atoms with Crippen LogP contribution in [0, 0.1) is 0 Å². The van der Waals surface area contributed by atoms with E-state index in [1.807, 2.05) is 0 Å². The van der Waals surface area contributed by atoms with Crippen LogP contribution in [0.1, 0.15) is 48.0 Å². The molecule has 0 spiro atoms. The molecule has 1 N–H and O–H groups in total. The molecular weight excluding hydrogens is 316 g/mol. The summed E-state index contributed by atoms with van der Waals surface area (Å²) in [5.41, 5.74) is 3.27. The maximum atomic E-state index is 12.5. The summed E-state index contributed by atoms with van der Waals surface area (Å²) < 4.78 is 10.6. The summed E-state index contributed by atoms with van der Waals surface area (Å²) in [4.78, 5) is 16.4. The molecule has 0 amide bonds. The van der Waals surface area contributed by atoms with Crippen LogP contribution in [-0.4, -0.2) is 52.5 Å². The molecule has 0 unspecified atom stereocenters. The van der Waals surface area contributed by atoms with E-state index < -0.39 is 0 Å². The van der Waals surface area contributed by atoms with E-state index in [1.165, 1.54) is 44.8 Å². The molecule has 25 heavy (non-hydrogen) atoms. The van der Waals surface area contributed by atoms with Crippen molar-refractivity contribution in [3.05, 3.63) is 29.3 Å². The second kappa shape index (κ2) is 6.96. The van der Waals surface area contributed by atoms with Gasteiger partial charge in [-0.15, -0.1) is 0 Å². The average molecular weight is 345 g/mol. The zero-order valence-electron chi connectivity index (χ0n) is 15.2. The van der Waals surface area contributed by atoms with E-state index in [9.17, 15) is 4.79 Å². The predicted molar refractivity (Wildman–Crippen MR) is 96.3 cm³/mol. The number of morpholine rings is 1. The number of hydrogen-bond donors (Lipinski definition) is 1. The van der Waals surface area contributed by atoms with Crippen LogP contribution >= 0.6 is 0 Å². The Balaban J connectivity index is 1.66. The van der Waals surface area contributed by atoms with Crippen molar-refractivity contribution in [3.8, 4) is 0 Å². The molecule has 4 rings (SSSR count). The first-order valence-electron chi connectivity index (χ1n) is 9.65. The molecule has 0 aromatic heterocycles. The van der Waals surface area contributed by atoms with E-state index in [0.29, 0.717) is 0 Å². The molecule has 1 aliphatic carbocycles. The lowest BCUT2D eigenvalue weighted by molar-refractivity contribution is -0.951. The highest BCUT2D eigenvalue weighted by Gasteiger charge is 2.54. The second-order valence-corrected chi connectivity index (χ2v) is 7.57. The Hall–Kier alpha value is -1.59. The summed E-state index contributed by atoms with van der Waals surface area (Å²) in [6.07, 6.45) is 6.08. The number of quaternary nitrogens is 1. The van der Waals surface area contributed by atoms with Crippen LogP contribution in [0.3, 0.4) is 0 Å². The van der Waals surface area contributed by atoms with Gasteiger partial charge < -0.3 is 19.3 Å². The molecule has 0 atom stereocenters. The molecule has 3 fully saturated rings. The molecule has 0 bridgehead atoms. The molecule has 1 saturated carbocycles. The van der Waals surface area contributed by atoms with E-state index >= 15 is 0 Å². The number of anilines is 1. The average Bonchev–Trinajstić information content (AvgIpc) is 3.50. The zero-order valence-corrected chi connectivity index (χ0v) is 15.2. The molecule has 3 aliphatic rings. The van der Waals surface area contributed by atoms with Crippen LogP contribution < -0.4 is 9.80 Å². The van der Waals surface area contributed by atoms with Gasteiger partial charge in [-0.25, -0.2) is 4.79 Å². The maximum absolute atomic E-state index is 12.5. The van der Waals surface area contributed by atoms with Gasteiger partial charge in [0.15, 0.2) is 0 Å². The minimum Gasteiger partial charge on any atom is -0.465 e. The number of ether oxygens (including phenoxy) is 2. The van der Waals surface area contributed by atoms with Crippen molar-refractivity contribution in [1.82, 2.24) is 0 Å². The number of methoxy groups -OCH3 is 1. The van der Waals surface area contributed by atoms with Crippen LogP contribution in [0.25, 0.3) is 0 Å². The fraction of sp³-hybridized carbons (Fsp3) is 0.650. The largest absolute Gasteiger partial charge is 0.465 e. The molecule has 2 aliphatic heterocycles. The van der Waals surface area contributed by atoms with Crippen molar-refractivity contribution in [2.45, 2.75) is 37.6 Å². The summed E-state index contributed by atoms with van der Waals surface area (Å²) in [5, 5.41) is 0. The molecule has 0 radical (unpaired) electrons. The lowest BCUT2D eigenvalue weighted by atomic mass is 9.97. The van der Waals surface area contributed by atoms with Gasteiger partial charge in [0.05, 0.1) is 31.6 Å². The third-order valence-electron chi connectivity index (χ3n) is 6.17. The number of esters is 1. The monoisotopic (exact) mass is 345 g/mol. The predicted octanol–water partition coefficient (Wildman–Crippen LogP) is 1.37. The fourth-order valence-electron chi connectivity index (χ4n) is 4.59. The van der Waals surface area contributed by atoms with Crippen LogP contribution in [-0.2, 0) is 15.0 Å². The molecular formula is C20H29N2O3+. The van der Waals surface area contributed by atoms with Gasteiger partial charge in [0.2, 0.25) is 0 Å². The minimum atomic E-state index is -0.213. The Labute approximate surface area is 149 Å². The van der Waals surface area contributed by atoms with Crippen molar-refractivity contribution in [3.63, 3.8) is 0 Å². The van der Waals surface area contributed by atoms with Gasteiger partial charge in [0.25, 0.3) is 0 Å². The number of rotatable bonds is 4. The van der Waals surface area contributed by atoms with E-state index in [2.05, 4.69) is 23.1 Å². The smallest absolute Gasteiger partial charge is 0.339 e. The molecule has 2 saturated heterocycles. The third-order valence-corrected chi connectivity index (χ3v) is 6.17. The van der Waals surface area contributed by atoms with Gasteiger partial charge in [-0.2, -0.15) is 0 Å². The lowest BCUT2D eigenvalue weighted by Gasteiger charge is -2.34. The summed E-state index contributed by atoms with van der Waals surface area (Å²) >= 11 is 0. The molecule has 2 heterocycles. The van der Waals surface area contributed by atoms with Gasteiger partial charge in [-0.1, -0.05) is 6.07 Å². The molecule has 1 aromatic rings. The molecule has 136 valence electrons. The van der Waals surface area contributed by atoms with Crippen molar-refractivity contribution in [1.29, 1.82) is 0 Å². The SMILES string of the molecule is COC(=O)c1cc(C2([NH+]3CCOCC3)CC2)ccc1N1CCCCC1. The number of nitrogens with one attached hydrogen (secondary N) is 1. The van der Waals surface area contributed by atoms with Crippen LogP contribution in [0.15, 0.2) is 18.2 Å². The summed E-state index contributed by atoms with van der Waals surface area (Å²) in [7, 11) is 1.48. The highest BCUT2D eigenvalue weighted by Crippen LogP contribution is 2.44. The van der Waals surface area contributed by atoms with E-state index in [4.69, 9.17) is 9.47 Å². The van der Waals surface area contributed by atoms with Crippen molar-refractivity contribution < 1.29 is 19.2 Å². The topological polar surface area (TPSA) is 43.2 Å². The number of benzene rings is 1. The Morgan fingerprint density at radius 3 is 2.52 bits per heavy atom. The number of piperidine rings is 1. The highest BCUT2D eigenvalue weighted by atomic mass is 16.5.